The Balaban J connectivity index is 2.08. The molecule has 2 aromatic rings. The summed E-state index contributed by atoms with van der Waals surface area (Å²) in [5, 5.41) is 13.7. The Bertz CT molecular complexity index is 634. The van der Waals surface area contributed by atoms with Crippen LogP contribution in [0.4, 0.5) is 11.5 Å². The lowest BCUT2D eigenvalue weighted by atomic mass is 10.2. The number of aromatic nitrogens is 1. The number of nitrogens with zero attached hydrogens (tertiary/aromatic N) is 2. The van der Waals surface area contributed by atoms with Crippen molar-refractivity contribution in [1.29, 1.82) is 0 Å². The van der Waals surface area contributed by atoms with Gasteiger partial charge in [-0.3, -0.25) is 10.1 Å². The van der Waals surface area contributed by atoms with Gasteiger partial charge in [-0.1, -0.05) is 12.1 Å². The van der Waals surface area contributed by atoms with E-state index in [1.165, 1.54) is 12.3 Å². The molecule has 0 aliphatic heterocycles. The zero-order valence-electron chi connectivity index (χ0n) is 10.7. The van der Waals surface area contributed by atoms with Crippen molar-refractivity contribution in [3.05, 3.63) is 56.7 Å². The first-order valence-electron chi connectivity index (χ1n) is 5.77. The van der Waals surface area contributed by atoms with Gasteiger partial charge in [-0.25, -0.2) is 4.98 Å². The maximum absolute atomic E-state index is 10.6. The van der Waals surface area contributed by atoms with Crippen molar-refractivity contribution in [2.75, 3.05) is 12.4 Å². The number of halogens is 1. The number of rotatable bonds is 5. The highest BCUT2D eigenvalue weighted by molar-refractivity contribution is 9.10. The Morgan fingerprint density at radius 1 is 1.45 bits per heavy atom. The number of ether oxygens (including phenoxy) is 1. The molecule has 0 aliphatic carbocycles. The molecule has 2 rings (SSSR count). The van der Waals surface area contributed by atoms with Crippen molar-refractivity contribution in [3.8, 4) is 5.75 Å². The summed E-state index contributed by atoms with van der Waals surface area (Å²) >= 11 is 3.26. The van der Waals surface area contributed by atoms with Gasteiger partial charge in [0.25, 0.3) is 5.69 Å². The van der Waals surface area contributed by atoms with Gasteiger partial charge in [0, 0.05) is 12.6 Å². The zero-order chi connectivity index (χ0) is 14.5. The minimum absolute atomic E-state index is 0.0520. The summed E-state index contributed by atoms with van der Waals surface area (Å²) in [4.78, 5) is 14.2. The van der Waals surface area contributed by atoms with Crippen LogP contribution in [-0.4, -0.2) is 17.0 Å². The van der Waals surface area contributed by atoms with Gasteiger partial charge in [0.1, 0.15) is 17.8 Å². The van der Waals surface area contributed by atoms with Crippen LogP contribution in [0.3, 0.4) is 0 Å². The van der Waals surface area contributed by atoms with Crippen molar-refractivity contribution in [3.63, 3.8) is 0 Å². The molecule has 0 spiro atoms. The standard InChI is InChI=1S/C13H12BrN3O3/c1-20-11-4-2-3-9(5-11)7-15-13-12(14)6-10(8-16-13)17(18)19/h2-6,8H,7H2,1H3,(H,15,16). The maximum Gasteiger partial charge on any atom is 0.288 e. The van der Waals surface area contributed by atoms with Crippen LogP contribution >= 0.6 is 15.9 Å². The summed E-state index contributed by atoms with van der Waals surface area (Å²) in [7, 11) is 1.61. The Morgan fingerprint density at radius 3 is 2.90 bits per heavy atom. The summed E-state index contributed by atoms with van der Waals surface area (Å²) < 4.78 is 5.70. The number of hydrogen-bond acceptors (Lipinski definition) is 5. The van der Waals surface area contributed by atoms with Crippen LogP contribution in [0.5, 0.6) is 5.75 Å². The van der Waals surface area contributed by atoms with Crippen LogP contribution in [0.1, 0.15) is 5.56 Å². The zero-order valence-corrected chi connectivity index (χ0v) is 12.3. The molecule has 6 nitrogen and oxygen atoms in total. The number of nitrogens with one attached hydrogen (secondary N) is 1. The van der Waals surface area contributed by atoms with Gasteiger partial charge < -0.3 is 10.1 Å². The van der Waals surface area contributed by atoms with Crippen molar-refractivity contribution < 1.29 is 9.66 Å². The second-order valence-corrected chi connectivity index (χ2v) is 4.84. The molecule has 0 radical (unpaired) electrons. The fourth-order valence-corrected chi connectivity index (χ4v) is 2.10. The molecule has 0 saturated heterocycles. The Kier molecular flexibility index (Phi) is 4.52. The summed E-state index contributed by atoms with van der Waals surface area (Å²) in [6.07, 6.45) is 1.22. The highest BCUT2D eigenvalue weighted by Crippen LogP contribution is 2.25. The van der Waals surface area contributed by atoms with Crippen molar-refractivity contribution in [2.24, 2.45) is 0 Å². The lowest BCUT2D eigenvalue weighted by Gasteiger charge is -2.08. The fourth-order valence-electron chi connectivity index (χ4n) is 1.63. The van der Waals surface area contributed by atoms with E-state index in [1.807, 2.05) is 24.3 Å². The third-order valence-electron chi connectivity index (χ3n) is 2.63. The smallest absolute Gasteiger partial charge is 0.288 e. The van der Waals surface area contributed by atoms with Crippen LogP contribution in [0.25, 0.3) is 0 Å². The molecule has 7 heteroatoms. The first-order valence-corrected chi connectivity index (χ1v) is 6.56. The molecule has 0 bridgehead atoms. The molecule has 0 fully saturated rings. The quantitative estimate of drug-likeness (QED) is 0.668. The molecular weight excluding hydrogens is 326 g/mol. The van der Waals surface area contributed by atoms with Crippen LogP contribution in [-0.2, 0) is 6.54 Å². The Hall–Kier alpha value is -2.15. The minimum Gasteiger partial charge on any atom is -0.497 e. The molecule has 1 N–H and O–H groups in total. The predicted molar refractivity (Wildman–Crippen MR) is 78.9 cm³/mol. The molecule has 104 valence electrons. The van der Waals surface area contributed by atoms with Gasteiger partial charge in [-0.2, -0.15) is 0 Å². The van der Waals surface area contributed by atoms with Gasteiger partial charge >= 0.3 is 0 Å². The van der Waals surface area contributed by atoms with E-state index >= 15 is 0 Å². The molecular formula is C13H12BrN3O3. The highest BCUT2D eigenvalue weighted by Gasteiger charge is 2.10. The number of anilines is 1. The van der Waals surface area contributed by atoms with Crippen LogP contribution in [0, 0.1) is 10.1 Å². The monoisotopic (exact) mass is 337 g/mol. The van der Waals surface area contributed by atoms with E-state index in [4.69, 9.17) is 4.74 Å². The van der Waals surface area contributed by atoms with E-state index in [9.17, 15) is 10.1 Å². The van der Waals surface area contributed by atoms with Gasteiger partial charge in [0.05, 0.1) is 16.5 Å². The van der Waals surface area contributed by atoms with Gasteiger partial charge in [0.2, 0.25) is 0 Å². The largest absolute Gasteiger partial charge is 0.497 e. The summed E-state index contributed by atoms with van der Waals surface area (Å²) in [6, 6.07) is 9.04. The molecule has 0 aliphatic rings. The van der Waals surface area contributed by atoms with Crippen LogP contribution < -0.4 is 10.1 Å². The molecule has 0 saturated carbocycles. The first-order chi connectivity index (χ1) is 9.60. The van der Waals surface area contributed by atoms with Gasteiger partial charge in [0.15, 0.2) is 0 Å². The van der Waals surface area contributed by atoms with E-state index in [2.05, 4.69) is 26.2 Å². The fraction of sp³-hybridized carbons (Fsp3) is 0.154. The van der Waals surface area contributed by atoms with Crippen molar-refractivity contribution in [1.82, 2.24) is 4.98 Å². The highest BCUT2D eigenvalue weighted by atomic mass is 79.9. The molecule has 20 heavy (non-hydrogen) atoms. The molecule has 1 aromatic carbocycles. The average Bonchev–Trinajstić information content (AvgIpc) is 2.46. The second-order valence-electron chi connectivity index (χ2n) is 3.99. The molecule has 1 aromatic heterocycles. The number of hydrogen-bond donors (Lipinski definition) is 1. The lowest BCUT2D eigenvalue weighted by Crippen LogP contribution is -2.03. The Labute approximate surface area is 124 Å². The van der Waals surface area contributed by atoms with Crippen molar-refractivity contribution in [2.45, 2.75) is 6.54 Å². The summed E-state index contributed by atoms with van der Waals surface area (Å²) in [5.74, 6) is 1.33. The molecule has 0 unspecified atom stereocenters. The predicted octanol–water partition coefficient (Wildman–Crippen LogP) is 3.37. The van der Waals surface area contributed by atoms with E-state index in [0.29, 0.717) is 16.8 Å². The number of benzene rings is 1. The third-order valence-corrected chi connectivity index (χ3v) is 3.24. The lowest BCUT2D eigenvalue weighted by molar-refractivity contribution is -0.385. The third kappa shape index (κ3) is 3.45. The van der Waals surface area contributed by atoms with Crippen LogP contribution in [0.15, 0.2) is 41.0 Å². The number of pyridine rings is 1. The molecule has 0 atom stereocenters. The van der Waals surface area contributed by atoms with Gasteiger partial charge in [-0.15, -0.1) is 0 Å². The van der Waals surface area contributed by atoms with E-state index in [-0.39, 0.29) is 5.69 Å². The summed E-state index contributed by atoms with van der Waals surface area (Å²) in [6.45, 7) is 0.542. The van der Waals surface area contributed by atoms with E-state index in [0.717, 1.165) is 11.3 Å². The van der Waals surface area contributed by atoms with E-state index < -0.39 is 4.92 Å². The normalized spacial score (nSPS) is 10.1. The Morgan fingerprint density at radius 2 is 2.25 bits per heavy atom. The minimum atomic E-state index is -0.483. The second kappa shape index (κ2) is 6.33. The number of nitro groups is 1. The topological polar surface area (TPSA) is 77.3 Å². The average molecular weight is 338 g/mol. The maximum atomic E-state index is 10.6. The van der Waals surface area contributed by atoms with Crippen molar-refractivity contribution >= 4 is 27.4 Å². The molecule has 1 heterocycles. The van der Waals surface area contributed by atoms with E-state index in [1.54, 1.807) is 7.11 Å². The SMILES string of the molecule is COc1cccc(CNc2ncc([N+](=O)[O-])cc2Br)c1. The number of methoxy groups -OCH3 is 1. The first kappa shape index (κ1) is 14.3. The van der Waals surface area contributed by atoms with Crippen LogP contribution in [0.2, 0.25) is 0 Å². The van der Waals surface area contributed by atoms with Gasteiger partial charge in [-0.05, 0) is 33.6 Å². The summed E-state index contributed by atoms with van der Waals surface area (Å²) in [5.41, 5.74) is 0.972. The molecule has 0 amide bonds.